The SMILES string of the molecule is C=CCNC(=S)NCc1ccc(C=CC(c2cc(Cl)c(Cl)c(Cl)c2)C(F)(F)F)cc1Cl. The first kappa shape index (κ1) is 25.8. The third kappa shape index (κ3) is 7.58. The molecule has 0 aliphatic rings. The van der Waals surface area contributed by atoms with E-state index in [0.29, 0.717) is 28.8 Å². The zero-order valence-corrected chi connectivity index (χ0v) is 19.7. The molecule has 31 heavy (non-hydrogen) atoms. The molecule has 0 fully saturated rings. The van der Waals surface area contributed by atoms with Crippen molar-refractivity contribution in [2.75, 3.05) is 6.54 Å². The Labute approximate surface area is 204 Å². The second-order valence-electron chi connectivity index (χ2n) is 6.38. The summed E-state index contributed by atoms with van der Waals surface area (Å²) in [5, 5.41) is 6.65. The van der Waals surface area contributed by atoms with Crippen molar-refractivity contribution in [1.82, 2.24) is 10.6 Å². The van der Waals surface area contributed by atoms with Crippen LogP contribution in [0.2, 0.25) is 20.1 Å². The highest BCUT2D eigenvalue weighted by Gasteiger charge is 2.39. The van der Waals surface area contributed by atoms with E-state index in [4.69, 9.17) is 58.6 Å². The number of benzene rings is 2. The van der Waals surface area contributed by atoms with E-state index in [9.17, 15) is 13.2 Å². The first-order valence-electron chi connectivity index (χ1n) is 8.83. The Hall–Kier alpha value is -1.44. The highest BCUT2D eigenvalue weighted by Crippen LogP contribution is 2.41. The summed E-state index contributed by atoms with van der Waals surface area (Å²) in [5.41, 5.74) is 1.13. The lowest BCUT2D eigenvalue weighted by molar-refractivity contribution is -0.139. The molecule has 0 bridgehead atoms. The molecule has 2 nitrogen and oxygen atoms in total. The lowest BCUT2D eigenvalue weighted by Crippen LogP contribution is -2.34. The molecule has 1 unspecified atom stereocenters. The normalized spacial score (nSPS) is 12.6. The first-order chi connectivity index (χ1) is 14.5. The van der Waals surface area contributed by atoms with E-state index >= 15 is 0 Å². The molecule has 0 spiro atoms. The molecule has 0 aromatic heterocycles. The lowest BCUT2D eigenvalue weighted by Gasteiger charge is -2.18. The number of nitrogens with one attached hydrogen (secondary N) is 2. The molecule has 2 rings (SSSR count). The van der Waals surface area contributed by atoms with E-state index in [2.05, 4.69) is 17.2 Å². The number of halogens is 7. The fourth-order valence-electron chi connectivity index (χ4n) is 2.58. The molecule has 2 N–H and O–H groups in total. The molecule has 2 aromatic rings. The van der Waals surface area contributed by atoms with Gasteiger partial charge < -0.3 is 10.6 Å². The van der Waals surface area contributed by atoms with Crippen molar-refractivity contribution in [3.05, 3.63) is 85.8 Å². The summed E-state index contributed by atoms with van der Waals surface area (Å²) in [5.74, 6) is -1.92. The average molecular weight is 528 g/mol. The van der Waals surface area contributed by atoms with Gasteiger partial charge in [0.05, 0.1) is 21.0 Å². The van der Waals surface area contributed by atoms with Crippen molar-refractivity contribution in [2.24, 2.45) is 0 Å². The molecule has 1 atom stereocenters. The van der Waals surface area contributed by atoms with Crippen molar-refractivity contribution >= 4 is 69.8 Å². The Morgan fingerprint density at radius 1 is 1.03 bits per heavy atom. The van der Waals surface area contributed by atoms with Gasteiger partial charge in [0.25, 0.3) is 0 Å². The van der Waals surface area contributed by atoms with Crippen molar-refractivity contribution < 1.29 is 13.2 Å². The van der Waals surface area contributed by atoms with Gasteiger partial charge in [-0.3, -0.25) is 0 Å². The second kappa shape index (κ2) is 11.4. The highest BCUT2D eigenvalue weighted by molar-refractivity contribution is 7.80. The molecule has 2 aromatic carbocycles. The summed E-state index contributed by atoms with van der Waals surface area (Å²) in [6.45, 7) is 4.47. The van der Waals surface area contributed by atoms with Crippen LogP contribution in [0.1, 0.15) is 22.6 Å². The smallest absolute Gasteiger partial charge is 0.359 e. The van der Waals surface area contributed by atoms with Crippen LogP contribution in [0.25, 0.3) is 6.08 Å². The number of alkyl halides is 3. The first-order valence-corrected chi connectivity index (χ1v) is 10.7. The second-order valence-corrected chi connectivity index (χ2v) is 8.39. The standard InChI is InChI=1S/C21H17Cl4F3N2S/c1-2-7-29-20(31)30-11-13-5-3-12(8-16(13)22)4-6-15(21(26,27)28)14-9-17(23)19(25)18(24)10-14/h2-6,8-10,15H,1,7,11H2,(H2,29,30,31). The van der Waals surface area contributed by atoms with Crippen molar-refractivity contribution in [2.45, 2.75) is 18.6 Å². The van der Waals surface area contributed by atoms with E-state index in [0.717, 1.165) is 23.8 Å². The zero-order chi connectivity index (χ0) is 23.2. The lowest BCUT2D eigenvalue weighted by atomic mass is 9.97. The number of rotatable bonds is 7. The predicted molar refractivity (Wildman–Crippen MR) is 128 cm³/mol. The maximum Gasteiger partial charge on any atom is 0.399 e. The van der Waals surface area contributed by atoms with Crippen LogP contribution in [0.15, 0.2) is 49.1 Å². The molecule has 0 saturated heterocycles. The summed E-state index contributed by atoms with van der Waals surface area (Å²) >= 11 is 29.0. The average Bonchev–Trinajstić information content (AvgIpc) is 2.68. The number of thiocarbonyl (C=S) groups is 1. The van der Waals surface area contributed by atoms with Gasteiger partial charge in [-0.05, 0) is 47.1 Å². The Morgan fingerprint density at radius 3 is 2.23 bits per heavy atom. The molecule has 0 aliphatic carbocycles. The largest absolute Gasteiger partial charge is 0.399 e. The van der Waals surface area contributed by atoms with Crippen LogP contribution in [-0.4, -0.2) is 17.8 Å². The van der Waals surface area contributed by atoms with E-state index in [1.807, 2.05) is 0 Å². The molecule has 0 saturated carbocycles. The van der Waals surface area contributed by atoms with E-state index < -0.39 is 12.1 Å². The van der Waals surface area contributed by atoms with Gasteiger partial charge >= 0.3 is 6.18 Å². The van der Waals surface area contributed by atoms with Gasteiger partial charge in [-0.1, -0.05) is 76.8 Å². The molecule has 0 radical (unpaired) electrons. The van der Waals surface area contributed by atoms with E-state index in [1.54, 1.807) is 24.3 Å². The summed E-state index contributed by atoms with van der Waals surface area (Å²) in [4.78, 5) is 0. The Morgan fingerprint density at radius 2 is 1.68 bits per heavy atom. The summed E-state index contributed by atoms with van der Waals surface area (Å²) in [6, 6.07) is 7.26. The Balaban J connectivity index is 2.20. The Bertz CT molecular complexity index is 970. The van der Waals surface area contributed by atoms with Gasteiger partial charge in [-0.2, -0.15) is 13.2 Å². The van der Waals surface area contributed by atoms with Crippen molar-refractivity contribution in [1.29, 1.82) is 0 Å². The van der Waals surface area contributed by atoms with Crippen LogP contribution in [0.4, 0.5) is 13.2 Å². The quantitative estimate of drug-likeness (QED) is 0.218. The maximum atomic E-state index is 13.7. The molecular weight excluding hydrogens is 511 g/mol. The fourth-order valence-corrected chi connectivity index (χ4v) is 3.61. The maximum absolute atomic E-state index is 13.7. The minimum Gasteiger partial charge on any atom is -0.359 e. The number of allylic oxidation sites excluding steroid dienone is 1. The molecule has 0 amide bonds. The fraction of sp³-hybridized carbons (Fsp3) is 0.190. The number of hydrogen-bond donors (Lipinski definition) is 2. The minimum absolute atomic E-state index is 0.00661. The van der Waals surface area contributed by atoms with Gasteiger partial charge in [0.1, 0.15) is 0 Å². The van der Waals surface area contributed by atoms with E-state index in [-0.39, 0.29) is 20.6 Å². The van der Waals surface area contributed by atoms with Gasteiger partial charge in [-0.25, -0.2) is 0 Å². The summed E-state index contributed by atoms with van der Waals surface area (Å²) in [6.07, 6.45) is -0.525. The molecule has 166 valence electrons. The van der Waals surface area contributed by atoms with Crippen LogP contribution in [0.5, 0.6) is 0 Å². The van der Waals surface area contributed by atoms with Gasteiger partial charge in [0.2, 0.25) is 0 Å². The van der Waals surface area contributed by atoms with Crippen LogP contribution in [0.3, 0.4) is 0 Å². The summed E-state index contributed by atoms with van der Waals surface area (Å²) in [7, 11) is 0. The van der Waals surface area contributed by atoms with Crippen LogP contribution < -0.4 is 10.6 Å². The molecular formula is C21H17Cl4F3N2S. The third-order valence-electron chi connectivity index (χ3n) is 4.12. The van der Waals surface area contributed by atoms with Gasteiger partial charge in [-0.15, -0.1) is 6.58 Å². The van der Waals surface area contributed by atoms with Crippen LogP contribution >= 0.6 is 58.6 Å². The highest BCUT2D eigenvalue weighted by atomic mass is 35.5. The van der Waals surface area contributed by atoms with Crippen LogP contribution in [0, 0.1) is 0 Å². The van der Waals surface area contributed by atoms with Gasteiger partial charge in [0.15, 0.2) is 5.11 Å². The monoisotopic (exact) mass is 526 g/mol. The van der Waals surface area contributed by atoms with Crippen molar-refractivity contribution in [3.63, 3.8) is 0 Å². The molecule has 0 heterocycles. The van der Waals surface area contributed by atoms with Crippen LogP contribution in [-0.2, 0) is 6.54 Å². The predicted octanol–water partition coefficient (Wildman–Crippen LogP) is 7.81. The topological polar surface area (TPSA) is 24.1 Å². The number of hydrogen-bond acceptors (Lipinski definition) is 1. The van der Waals surface area contributed by atoms with E-state index in [1.165, 1.54) is 6.08 Å². The Kier molecular flexibility index (Phi) is 9.52. The zero-order valence-electron chi connectivity index (χ0n) is 15.9. The summed E-state index contributed by atoms with van der Waals surface area (Å²) < 4.78 is 41.0. The minimum atomic E-state index is -4.56. The van der Waals surface area contributed by atoms with Gasteiger partial charge in [0, 0.05) is 18.1 Å². The van der Waals surface area contributed by atoms with Crippen molar-refractivity contribution in [3.8, 4) is 0 Å². The molecule has 0 aliphatic heterocycles. The third-order valence-corrected chi connectivity index (χ3v) is 5.96. The molecule has 10 heteroatoms.